The molecule has 7 nitrogen and oxygen atoms in total. The molecule has 2 aliphatic rings. The predicted octanol–water partition coefficient (Wildman–Crippen LogP) is 2.12. The Bertz CT molecular complexity index is 711. The highest BCUT2D eigenvalue weighted by Crippen LogP contribution is 2.27. The molecule has 7 heteroatoms. The van der Waals surface area contributed by atoms with E-state index in [1.807, 2.05) is 35.2 Å². The van der Waals surface area contributed by atoms with Crippen molar-refractivity contribution in [1.82, 2.24) is 25.0 Å². The number of urea groups is 1. The number of hydrogen-bond donors (Lipinski definition) is 1. The van der Waals surface area contributed by atoms with Gasteiger partial charge < -0.3 is 15.0 Å². The average molecular weight is 341 g/mol. The van der Waals surface area contributed by atoms with Gasteiger partial charge in [0, 0.05) is 13.2 Å². The van der Waals surface area contributed by atoms with Gasteiger partial charge in [-0.05, 0) is 37.8 Å². The molecule has 0 spiro atoms. The van der Waals surface area contributed by atoms with E-state index in [2.05, 4.69) is 15.4 Å². The first-order valence-corrected chi connectivity index (χ1v) is 8.93. The predicted molar refractivity (Wildman–Crippen MR) is 92.3 cm³/mol. The summed E-state index contributed by atoms with van der Waals surface area (Å²) >= 11 is 0. The van der Waals surface area contributed by atoms with Crippen molar-refractivity contribution < 1.29 is 9.53 Å². The van der Waals surface area contributed by atoms with Crippen LogP contribution in [0.1, 0.15) is 31.5 Å². The molecule has 0 unspecified atom stereocenters. The van der Waals surface area contributed by atoms with E-state index in [1.165, 1.54) is 6.33 Å². The van der Waals surface area contributed by atoms with Crippen LogP contribution in [-0.2, 0) is 11.3 Å². The van der Waals surface area contributed by atoms with Crippen molar-refractivity contribution in [2.75, 3.05) is 13.2 Å². The Morgan fingerprint density at radius 2 is 2.12 bits per heavy atom. The summed E-state index contributed by atoms with van der Waals surface area (Å²) in [6.07, 6.45) is 5.92. The Balaban J connectivity index is 1.40. The van der Waals surface area contributed by atoms with Gasteiger partial charge in [-0.15, -0.1) is 0 Å². The highest BCUT2D eigenvalue weighted by atomic mass is 16.5. The summed E-state index contributed by atoms with van der Waals surface area (Å²) in [6, 6.07) is 9.96. The molecule has 0 aliphatic carbocycles. The highest BCUT2D eigenvalue weighted by molar-refractivity contribution is 5.74. The molecular weight excluding hydrogens is 318 g/mol. The van der Waals surface area contributed by atoms with Gasteiger partial charge in [-0.25, -0.2) is 14.5 Å². The van der Waals surface area contributed by atoms with E-state index >= 15 is 0 Å². The molecule has 1 aromatic heterocycles. The van der Waals surface area contributed by atoms with Crippen molar-refractivity contribution in [3.05, 3.63) is 42.5 Å². The fourth-order valence-electron chi connectivity index (χ4n) is 3.76. The van der Waals surface area contributed by atoms with Crippen LogP contribution in [0, 0.1) is 0 Å². The normalized spacial score (nSPS) is 23.1. The maximum absolute atomic E-state index is 12.7. The number of hydrogen-bond acceptors (Lipinski definition) is 4. The van der Waals surface area contributed by atoms with Crippen LogP contribution in [0.4, 0.5) is 4.79 Å². The molecule has 132 valence electrons. The monoisotopic (exact) mass is 341 g/mol. The summed E-state index contributed by atoms with van der Waals surface area (Å²) in [5, 5.41) is 7.26. The first-order chi connectivity index (χ1) is 12.3. The van der Waals surface area contributed by atoms with Crippen LogP contribution < -0.4 is 5.32 Å². The second-order valence-electron chi connectivity index (χ2n) is 6.54. The van der Waals surface area contributed by atoms with Crippen molar-refractivity contribution in [2.24, 2.45) is 0 Å². The molecule has 0 bridgehead atoms. The lowest BCUT2D eigenvalue weighted by atomic mass is 10.1. The summed E-state index contributed by atoms with van der Waals surface area (Å²) < 4.78 is 7.55. The lowest BCUT2D eigenvalue weighted by Crippen LogP contribution is -2.47. The van der Waals surface area contributed by atoms with E-state index in [9.17, 15) is 4.79 Å². The number of nitrogens with one attached hydrogen (secondary N) is 1. The summed E-state index contributed by atoms with van der Waals surface area (Å²) in [4.78, 5) is 18.9. The molecule has 2 aromatic rings. The van der Waals surface area contributed by atoms with Crippen molar-refractivity contribution in [3.63, 3.8) is 0 Å². The topological polar surface area (TPSA) is 72.3 Å². The van der Waals surface area contributed by atoms with Crippen LogP contribution in [0.5, 0.6) is 0 Å². The third-order valence-corrected chi connectivity index (χ3v) is 4.97. The van der Waals surface area contributed by atoms with Crippen LogP contribution in [0.15, 0.2) is 36.7 Å². The number of benzene rings is 1. The Labute approximate surface area is 147 Å². The summed E-state index contributed by atoms with van der Waals surface area (Å²) in [5.41, 5.74) is 0.933. The van der Waals surface area contributed by atoms with Gasteiger partial charge in [0.15, 0.2) is 5.82 Å². The Kier molecular flexibility index (Phi) is 4.65. The number of ether oxygens (including phenoxy) is 1. The zero-order chi connectivity index (χ0) is 17.1. The van der Waals surface area contributed by atoms with Crippen LogP contribution in [0.25, 0.3) is 5.69 Å². The van der Waals surface area contributed by atoms with E-state index in [4.69, 9.17) is 4.74 Å². The molecule has 1 N–H and O–H groups in total. The SMILES string of the molecule is O=C(NCc1ncnn1-c1ccccc1)N1CCC[C@@H]1[C@H]1CCCO1. The van der Waals surface area contributed by atoms with Crippen LogP contribution in [0.3, 0.4) is 0 Å². The number of rotatable bonds is 4. The van der Waals surface area contributed by atoms with Gasteiger partial charge in [-0.1, -0.05) is 18.2 Å². The fraction of sp³-hybridized carbons (Fsp3) is 0.500. The largest absolute Gasteiger partial charge is 0.376 e. The van der Waals surface area contributed by atoms with E-state index < -0.39 is 0 Å². The standard InChI is InChI=1S/C18H23N5O2/c24-18(22-10-4-8-15(22)16-9-5-11-25-16)19-12-17-20-13-21-23(17)14-6-2-1-3-7-14/h1-3,6-7,13,15-16H,4-5,8-12H2,(H,19,24)/t15-,16-/m1/s1. The molecule has 1 aromatic carbocycles. The second-order valence-corrected chi connectivity index (χ2v) is 6.54. The van der Waals surface area contributed by atoms with Crippen molar-refractivity contribution in [2.45, 2.75) is 44.4 Å². The highest BCUT2D eigenvalue weighted by Gasteiger charge is 2.36. The number of nitrogens with zero attached hydrogens (tertiary/aromatic N) is 4. The van der Waals surface area contributed by atoms with Crippen molar-refractivity contribution >= 4 is 6.03 Å². The first-order valence-electron chi connectivity index (χ1n) is 8.93. The third-order valence-electron chi connectivity index (χ3n) is 4.97. The molecule has 0 radical (unpaired) electrons. The molecule has 2 amide bonds. The summed E-state index contributed by atoms with van der Waals surface area (Å²) in [5.74, 6) is 0.715. The smallest absolute Gasteiger partial charge is 0.318 e. The third kappa shape index (κ3) is 3.37. The van der Waals surface area contributed by atoms with Crippen LogP contribution in [-0.4, -0.2) is 51.0 Å². The maximum atomic E-state index is 12.7. The number of likely N-dealkylation sites (tertiary alicyclic amines) is 1. The van der Waals surface area contributed by atoms with E-state index in [-0.39, 0.29) is 18.2 Å². The number of carbonyl (C=O) groups excluding carboxylic acids is 1. The average Bonchev–Trinajstić information content (AvgIpc) is 3.41. The zero-order valence-corrected chi connectivity index (χ0v) is 14.2. The number of para-hydroxylation sites is 1. The van der Waals surface area contributed by atoms with E-state index in [0.29, 0.717) is 12.4 Å². The van der Waals surface area contributed by atoms with Crippen LogP contribution >= 0.6 is 0 Å². The first kappa shape index (κ1) is 16.1. The van der Waals surface area contributed by atoms with Crippen molar-refractivity contribution in [1.29, 1.82) is 0 Å². The van der Waals surface area contributed by atoms with Gasteiger partial charge in [-0.3, -0.25) is 0 Å². The van der Waals surface area contributed by atoms with Crippen LogP contribution in [0.2, 0.25) is 0 Å². The summed E-state index contributed by atoms with van der Waals surface area (Å²) in [6.45, 7) is 1.96. The fourth-order valence-corrected chi connectivity index (χ4v) is 3.76. The molecular formula is C18H23N5O2. The minimum Gasteiger partial charge on any atom is -0.376 e. The minimum atomic E-state index is -0.0411. The van der Waals surface area contributed by atoms with Gasteiger partial charge >= 0.3 is 6.03 Å². The van der Waals surface area contributed by atoms with Crippen molar-refractivity contribution in [3.8, 4) is 5.69 Å². The second kappa shape index (κ2) is 7.23. The molecule has 0 saturated carbocycles. The molecule has 2 saturated heterocycles. The summed E-state index contributed by atoms with van der Waals surface area (Å²) in [7, 11) is 0. The number of aromatic nitrogens is 3. The Morgan fingerprint density at radius 3 is 2.92 bits per heavy atom. The maximum Gasteiger partial charge on any atom is 0.318 e. The number of amides is 2. The van der Waals surface area contributed by atoms with Gasteiger partial charge in [0.05, 0.1) is 24.4 Å². The molecule has 3 heterocycles. The molecule has 25 heavy (non-hydrogen) atoms. The van der Waals surface area contributed by atoms with E-state index in [1.54, 1.807) is 4.68 Å². The van der Waals surface area contributed by atoms with Gasteiger partial charge in [0.1, 0.15) is 6.33 Å². The van der Waals surface area contributed by atoms with Gasteiger partial charge in [0.2, 0.25) is 0 Å². The Hall–Kier alpha value is -2.41. The zero-order valence-electron chi connectivity index (χ0n) is 14.2. The molecule has 4 rings (SSSR count). The quantitative estimate of drug-likeness (QED) is 0.924. The number of carbonyl (C=O) groups is 1. The van der Waals surface area contributed by atoms with E-state index in [0.717, 1.165) is 44.5 Å². The van der Waals surface area contributed by atoms with Gasteiger partial charge in [0.25, 0.3) is 0 Å². The lowest BCUT2D eigenvalue weighted by molar-refractivity contribution is 0.0520. The molecule has 2 aliphatic heterocycles. The lowest BCUT2D eigenvalue weighted by Gasteiger charge is -2.28. The molecule has 2 fully saturated rings. The minimum absolute atomic E-state index is 0.0411. The molecule has 2 atom stereocenters. The Morgan fingerprint density at radius 1 is 1.24 bits per heavy atom. The van der Waals surface area contributed by atoms with Gasteiger partial charge in [-0.2, -0.15) is 5.10 Å².